The predicted molar refractivity (Wildman–Crippen MR) is 224 cm³/mol. The molecule has 0 saturated carbocycles. The van der Waals surface area contributed by atoms with Crippen molar-refractivity contribution in [3.8, 4) is 28.7 Å². The highest BCUT2D eigenvalue weighted by Gasteiger charge is 2.39. The minimum atomic E-state index is -1.32. The molecule has 0 spiro atoms. The second-order valence-corrected chi connectivity index (χ2v) is 15.5. The van der Waals surface area contributed by atoms with Crippen LogP contribution in [0.3, 0.4) is 0 Å². The highest BCUT2D eigenvalue weighted by Crippen LogP contribution is 2.40. The number of carbonyl (C=O) groups is 4. The molecule has 6 aromatic rings. The monoisotopic (exact) mass is 855 g/mol. The van der Waals surface area contributed by atoms with Crippen molar-refractivity contribution >= 4 is 52.6 Å². The van der Waals surface area contributed by atoms with Gasteiger partial charge in [0.25, 0.3) is 11.8 Å². The standard InChI is InChI=1S/C46H35Cl2N5O8/c1-25-16-38(52-61-25)45(56)53-23-33-21-41-37(50-44(55)42(60-41)31-11-13-34(14-12-31)59-24-28-6-15-35(47)36(48)17-28)19-32(33)20-40(53)43(54)51-39(46(57)58)18-26-2-7-29(8-3-26)30-9-4-27(22-49)5-10-30/h2-17,19,21,39-40,42H,18,20,23-24H2,1H3,(H,50,55)(H,51,54)(H,57,58)/t39-,40-,42?/m0/s1. The van der Waals surface area contributed by atoms with Crippen LogP contribution in [0.2, 0.25) is 10.0 Å². The van der Waals surface area contributed by atoms with E-state index in [1.54, 1.807) is 79.7 Å². The fourth-order valence-corrected chi connectivity index (χ4v) is 7.60. The summed E-state index contributed by atoms with van der Waals surface area (Å²) >= 11 is 12.1. The average molecular weight is 857 g/mol. The molecule has 0 fully saturated rings. The van der Waals surface area contributed by atoms with E-state index in [1.165, 1.54) is 11.0 Å². The lowest BCUT2D eigenvalue weighted by Gasteiger charge is -2.37. The Morgan fingerprint density at radius 1 is 0.934 bits per heavy atom. The van der Waals surface area contributed by atoms with E-state index < -0.39 is 41.9 Å². The number of halogens is 2. The molecule has 0 saturated heterocycles. The lowest BCUT2D eigenvalue weighted by molar-refractivity contribution is -0.142. The van der Waals surface area contributed by atoms with Crippen molar-refractivity contribution in [3.63, 3.8) is 0 Å². The first kappa shape index (κ1) is 40.6. The zero-order valence-electron chi connectivity index (χ0n) is 32.4. The van der Waals surface area contributed by atoms with E-state index in [2.05, 4.69) is 21.9 Å². The lowest BCUT2D eigenvalue weighted by atomic mass is 9.91. The summed E-state index contributed by atoms with van der Waals surface area (Å²) in [6.45, 7) is 1.85. The maximum atomic E-state index is 14.1. The molecular formula is C46H35Cl2N5O8. The van der Waals surface area contributed by atoms with Crippen LogP contribution in [0.5, 0.6) is 11.5 Å². The number of benzene rings is 5. The number of aryl methyl sites for hydroxylation is 1. The predicted octanol–water partition coefficient (Wildman–Crippen LogP) is 7.86. The Morgan fingerprint density at radius 2 is 1.64 bits per heavy atom. The maximum absolute atomic E-state index is 14.1. The molecular weight excluding hydrogens is 821 g/mol. The number of amides is 3. The highest BCUT2D eigenvalue weighted by atomic mass is 35.5. The van der Waals surface area contributed by atoms with Gasteiger partial charge in [-0.15, -0.1) is 0 Å². The number of fused-ring (bicyclic) bond motifs is 2. The van der Waals surface area contributed by atoms with Gasteiger partial charge in [0.15, 0.2) is 5.69 Å². The molecule has 3 N–H and O–H groups in total. The Bertz CT molecular complexity index is 2710. The molecule has 3 atom stereocenters. The fourth-order valence-electron chi connectivity index (χ4n) is 7.28. The van der Waals surface area contributed by atoms with Crippen molar-refractivity contribution in [3.05, 3.63) is 164 Å². The number of carboxylic acid groups (broad SMARTS) is 1. The Labute approximate surface area is 359 Å². The van der Waals surface area contributed by atoms with Gasteiger partial charge in [-0.3, -0.25) is 14.4 Å². The van der Waals surface area contributed by atoms with E-state index in [0.717, 1.165) is 16.7 Å². The summed E-state index contributed by atoms with van der Waals surface area (Å²) < 4.78 is 17.3. The number of ether oxygens (including phenoxy) is 2. The van der Waals surface area contributed by atoms with Gasteiger partial charge >= 0.3 is 5.97 Å². The first-order chi connectivity index (χ1) is 29.4. The second-order valence-electron chi connectivity index (χ2n) is 14.7. The zero-order chi connectivity index (χ0) is 42.8. The number of nitrogens with one attached hydrogen (secondary N) is 2. The fraction of sp³-hybridized carbons (Fsp3) is 0.174. The van der Waals surface area contributed by atoms with Crippen LogP contribution >= 0.6 is 23.2 Å². The van der Waals surface area contributed by atoms with Gasteiger partial charge in [0, 0.05) is 31.0 Å². The van der Waals surface area contributed by atoms with Gasteiger partial charge in [-0.05, 0) is 88.8 Å². The number of hydrogen-bond acceptors (Lipinski definition) is 9. The number of hydrogen-bond donors (Lipinski definition) is 3. The van der Waals surface area contributed by atoms with E-state index in [0.29, 0.717) is 60.8 Å². The molecule has 15 heteroatoms. The molecule has 3 amide bonds. The zero-order valence-corrected chi connectivity index (χ0v) is 33.9. The number of aromatic nitrogens is 1. The Morgan fingerprint density at radius 3 is 2.30 bits per heavy atom. The Kier molecular flexibility index (Phi) is 11.5. The van der Waals surface area contributed by atoms with Gasteiger partial charge in [-0.1, -0.05) is 83.0 Å². The van der Waals surface area contributed by atoms with Gasteiger partial charge in [0.2, 0.25) is 12.0 Å². The minimum absolute atomic E-state index is 0.00559. The molecule has 13 nitrogen and oxygen atoms in total. The van der Waals surface area contributed by atoms with Crippen LogP contribution in [-0.4, -0.2) is 50.9 Å². The van der Waals surface area contributed by atoms with E-state index in [4.69, 9.17) is 42.5 Å². The molecule has 1 unspecified atom stereocenters. The van der Waals surface area contributed by atoms with Crippen molar-refractivity contribution in [1.29, 1.82) is 5.26 Å². The number of aliphatic carboxylic acids is 1. The summed E-state index contributed by atoms with van der Waals surface area (Å²) in [4.78, 5) is 55.4. The molecule has 0 aliphatic carbocycles. The molecule has 306 valence electrons. The van der Waals surface area contributed by atoms with Crippen LogP contribution in [0.4, 0.5) is 5.69 Å². The Balaban J connectivity index is 0.991. The third kappa shape index (κ3) is 8.91. The third-order valence-electron chi connectivity index (χ3n) is 10.5. The molecule has 2 aliphatic rings. The van der Waals surface area contributed by atoms with E-state index in [1.807, 2.05) is 30.3 Å². The van der Waals surface area contributed by atoms with Crippen molar-refractivity contribution in [2.75, 3.05) is 5.32 Å². The number of anilines is 1. The Hall–Kier alpha value is -7.14. The molecule has 8 rings (SSSR count). The van der Waals surface area contributed by atoms with Crippen molar-refractivity contribution in [2.45, 2.75) is 51.1 Å². The summed E-state index contributed by atoms with van der Waals surface area (Å²) in [5, 5.41) is 29.7. The van der Waals surface area contributed by atoms with Crippen molar-refractivity contribution in [1.82, 2.24) is 15.4 Å². The molecule has 3 heterocycles. The van der Waals surface area contributed by atoms with E-state index >= 15 is 0 Å². The summed E-state index contributed by atoms with van der Waals surface area (Å²) in [5.41, 5.74) is 6.08. The molecule has 1 aromatic heterocycles. The van der Waals surface area contributed by atoms with Crippen LogP contribution in [0.15, 0.2) is 114 Å². The van der Waals surface area contributed by atoms with Crippen molar-refractivity contribution in [2.24, 2.45) is 0 Å². The van der Waals surface area contributed by atoms with Gasteiger partial charge in [0.05, 0.1) is 27.4 Å². The normalized spacial score (nSPS) is 15.9. The van der Waals surface area contributed by atoms with Gasteiger partial charge < -0.3 is 34.6 Å². The summed E-state index contributed by atoms with van der Waals surface area (Å²) in [5.74, 6) is -1.59. The van der Waals surface area contributed by atoms with Crippen LogP contribution in [0, 0.1) is 18.3 Å². The molecule has 5 aromatic carbocycles. The second kappa shape index (κ2) is 17.2. The van der Waals surface area contributed by atoms with Crippen LogP contribution in [0.25, 0.3) is 11.1 Å². The van der Waals surface area contributed by atoms with Crippen LogP contribution < -0.4 is 20.1 Å². The number of nitriles is 1. The van der Waals surface area contributed by atoms with Gasteiger partial charge in [-0.25, -0.2) is 4.79 Å². The number of carbonyl (C=O) groups excluding carboxylic acids is 3. The largest absolute Gasteiger partial charge is 0.489 e. The van der Waals surface area contributed by atoms with E-state index in [-0.39, 0.29) is 31.7 Å². The molecule has 0 bridgehead atoms. The molecule has 0 radical (unpaired) electrons. The highest BCUT2D eigenvalue weighted by molar-refractivity contribution is 6.42. The minimum Gasteiger partial charge on any atom is -0.489 e. The maximum Gasteiger partial charge on any atom is 0.326 e. The van der Waals surface area contributed by atoms with Crippen LogP contribution in [-0.2, 0) is 40.4 Å². The van der Waals surface area contributed by atoms with Crippen LogP contribution in [0.1, 0.15) is 55.7 Å². The molecule has 61 heavy (non-hydrogen) atoms. The summed E-state index contributed by atoms with van der Waals surface area (Å²) in [6, 6.07) is 31.1. The first-order valence-corrected chi connectivity index (χ1v) is 19.8. The third-order valence-corrected chi connectivity index (χ3v) is 11.3. The molecule has 2 aliphatic heterocycles. The topological polar surface area (TPSA) is 184 Å². The SMILES string of the molecule is Cc1cc(C(=O)N2Cc3cc4c(cc3C[C@H]2C(=O)N[C@@H](Cc2ccc(-c3ccc(C#N)cc3)cc2)C(=O)O)NC(=O)C(c2ccc(OCc3ccc(Cl)c(Cl)c3)cc2)O4)no1. The summed E-state index contributed by atoms with van der Waals surface area (Å²) in [6.07, 6.45) is -1.01. The lowest BCUT2D eigenvalue weighted by Crippen LogP contribution is -2.56. The average Bonchev–Trinajstić information content (AvgIpc) is 3.71. The number of carboxylic acids is 1. The van der Waals surface area contributed by atoms with Gasteiger partial charge in [-0.2, -0.15) is 5.26 Å². The quantitative estimate of drug-likeness (QED) is 0.116. The van der Waals surface area contributed by atoms with Crippen molar-refractivity contribution < 1.29 is 38.3 Å². The number of rotatable bonds is 11. The number of nitrogens with zero attached hydrogens (tertiary/aromatic N) is 3. The first-order valence-electron chi connectivity index (χ1n) is 19.1. The van der Waals surface area contributed by atoms with E-state index in [9.17, 15) is 24.3 Å². The van der Waals surface area contributed by atoms with Gasteiger partial charge in [0.1, 0.15) is 35.9 Å². The summed E-state index contributed by atoms with van der Waals surface area (Å²) in [7, 11) is 0. The smallest absolute Gasteiger partial charge is 0.326 e.